The highest BCUT2D eigenvalue weighted by Crippen LogP contribution is 2.77. The minimum Gasteiger partial charge on any atom is -0.460 e. The maximum Gasteiger partial charge on any atom is 0.317 e. The van der Waals surface area contributed by atoms with Crippen molar-refractivity contribution >= 4 is 39.9 Å². The standard InChI is InChI=1S/C30H35ClFN5O3/c1-16-5-12-23-29(2,3)30(23,26(16)39-4)25(38)17-6-9-19(10-7-17)40-28-33-14-22-24(37-28)27(35-15-34-22)36-18-8-11-21(32)20(31)13-18/h8,11,13-17,19,23,26H,5-7,9-10,12H2,1-4H3,(H,34,35,36). The molecule has 212 valence electrons. The van der Waals surface area contributed by atoms with Gasteiger partial charge in [0.2, 0.25) is 0 Å². The second kappa shape index (κ2) is 10.2. The smallest absolute Gasteiger partial charge is 0.317 e. The molecule has 4 unspecified atom stereocenters. The van der Waals surface area contributed by atoms with Crippen LogP contribution in [0.15, 0.2) is 30.7 Å². The number of hydrogen-bond acceptors (Lipinski definition) is 8. The first kappa shape index (κ1) is 27.3. The fourth-order valence-electron chi connectivity index (χ4n) is 7.76. The van der Waals surface area contributed by atoms with E-state index in [9.17, 15) is 9.18 Å². The van der Waals surface area contributed by atoms with Crippen LogP contribution in [0, 0.1) is 34.4 Å². The molecule has 1 N–H and O–H groups in total. The molecule has 3 aliphatic rings. The highest BCUT2D eigenvalue weighted by molar-refractivity contribution is 6.31. The number of halogens is 2. The molecule has 2 aromatic heterocycles. The number of carbonyl (C=O) groups excluding carboxylic acids is 1. The van der Waals surface area contributed by atoms with E-state index in [4.69, 9.17) is 21.1 Å². The number of aromatic nitrogens is 4. The van der Waals surface area contributed by atoms with Gasteiger partial charge in [-0.05, 0) is 74.0 Å². The van der Waals surface area contributed by atoms with Crippen LogP contribution in [-0.4, -0.2) is 45.0 Å². The number of rotatable bonds is 7. The minimum atomic E-state index is -0.499. The number of methoxy groups -OCH3 is 1. The first-order valence-electron chi connectivity index (χ1n) is 14.1. The lowest BCUT2D eigenvalue weighted by Gasteiger charge is -2.39. The number of anilines is 2. The molecule has 6 rings (SSSR count). The summed E-state index contributed by atoms with van der Waals surface area (Å²) >= 11 is 5.93. The third-order valence-electron chi connectivity index (χ3n) is 9.80. The van der Waals surface area contributed by atoms with Gasteiger partial charge in [0.15, 0.2) is 5.82 Å². The summed E-state index contributed by atoms with van der Waals surface area (Å²) in [6, 6.07) is 4.57. The Morgan fingerprint density at radius 2 is 1.88 bits per heavy atom. The van der Waals surface area contributed by atoms with Gasteiger partial charge >= 0.3 is 6.01 Å². The van der Waals surface area contributed by atoms with E-state index in [-0.39, 0.29) is 40.0 Å². The number of nitrogens with one attached hydrogen (secondary N) is 1. The van der Waals surface area contributed by atoms with Gasteiger partial charge in [-0.15, -0.1) is 0 Å². The van der Waals surface area contributed by atoms with E-state index in [0.717, 1.165) is 38.5 Å². The van der Waals surface area contributed by atoms with E-state index in [1.165, 1.54) is 18.5 Å². The second-order valence-electron chi connectivity index (χ2n) is 12.2. The molecule has 40 heavy (non-hydrogen) atoms. The van der Waals surface area contributed by atoms with Crippen LogP contribution in [0.4, 0.5) is 15.9 Å². The molecule has 0 spiro atoms. The van der Waals surface area contributed by atoms with Crippen LogP contribution >= 0.6 is 11.6 Å². The van der Waals surface area contributed by atoms with E-state index < -0.39 is 5.82 Å². The average molecular weight is 568 g/mol. The van der Waals surface area contributed by atoms with Gasteiger partial charge in [0.1, 0.15) is 35.1 Å². The Morgan fingerprint density at radius 1 is 1.10 bits per heavy atom. The zero-order valence-corrected chi connectivity index (χ0v) is 24.0. The summed E-state index contributed by atoms with van der Waals surface area (Å²) in [6.07, 6.45) is 8.23. The molecule has 10 heteroatoms. The van der Waals surface area contributed by atoms with Crippen LogP contribution in [0.2, 0.25) is 5.02 Å². The number of fused-ring (bicyclic) bond motifs is 2. The number of benzene rings is 1. The van der Waals surface area contributed by atoms with Gasteiger partial charge in [-0.3, -0.25) is 4.79 Å². The molecule has 0 bridgehead atoms. The molecular weight excluding hydrogens is 533 g/mol. The van der Waals surface area contributed by atoms with Crippen LogP contribution in [0.3, 0.4) is 0 Å². The summed E-state index contributed by atoms with van der Waals surface area (Å²) in [6.45, 7) is 6.73. The number of nitrogens with zero attached hydrogens (tertiary/aromatic N) is 4. The highest BCUT2D eigenvalue weighted by Gasteiger charge is 2.79. The zero-order chi connectivity index (χ0) is 28.2. The quantitative estimate of drug-likeness (QED) is 0.343. The molecule has 0 radical (unpaired) electrons. The summed E-state index contributed by atoms with van der Waals surface area (Å²) in [5.74, 6) is 1.15. The van der Waals surface area contributed by atoms with Crippen LogP contribution < -0.4 is 10.1 Å². The van der Waals surface area contributed by atoms with Crippen LogP contribution in [0.1, 0.15) is 59.3 Å². The zero-order valence-electron chi connectivity index (χ0n) is 23.3. The van der Waals surface area contributed by atoms with E-state index >= 15 is 0 Å². The van der Waals surface area contributed by atoms with Gasteiger partial charge in [0, 0.05) is 18.7 Å². The third kappa shape index (κ3) is 4.33. The molecule has 1 aromatic carbocycles. The Morgan fingerprint density at radius 3 is 2.60 bits per heavy atom. The van der Waals surface area contributed by atoms with Gasteiger partial charge in [-0.25, -0.2) is 19.3 Å². The Bertz CT molecular complexity index is 1450. The van der Waals surface area contributed by atoms with Crippen molar-refractivity contribution in [1.82, 2.24) is 19.9 Å². The van der Waals surface area contributed by atoms with Crippen molar-refractivity contribution in [2.45, 2.75) is 71.5 Å². The number of ether oxygens (including phenoxy) is 2. The van der Waals surface area contributed by atoms with Gasteiger partial charge in [-0.2, -0.15) is 4.98 Å². The summed E-state index contributed by atoms with van der Waals surface area (Å²) in [5.41, 5.74) is 1.21. The molecule has 0 amide bonds. The van der Waals surface area contributed by atoms with Crippen LogP contribution in [-0.2, 0) is 9.53 Å². The number of hydrogen-bond donors (Lipinski definition) is 1. The van der Waals surface area contributed by atoms with E-state index in [1.54, 1.807) is 19.4 Å². The van der Waals surface area contributed by atoms with Crippen molar-refractivity contribution in [3.05, 3.63) is 41.6 Å². The van der Waals surface area contributed by atoms with Crippen molar-refractivity contribution < 1.29 is 18.7 Å². The molecular formula is C30H35ClFN5O3. The van der Waals surface area contributed by atoms with E-state index in [2.05, 4.69) is 46.0 Å². The number of carbonyl (C=O) groups is 1. The van der Waals surface area contributed by atoms with Gasteiger partial charge in [-0.1, -0.05) is 32.4 Å². The third-order valence-corrected chi connectivity index (χ3v) is 10.1. The van der Waals surface area contributed by atoms with Gasteiger partial charge < -0.3 is 14.8 Å². The Hall–Kier alpha value is -2.91. The molecule has 3 aromatic rings. The molecule has 3 aliphatic carbocycles. The maximum absolute atomic E-state index is 14.1. The van der Waals surface area contributed by atoms with Crippen molar-refractivity contribution in [3.8, 4) is 6.01 Å². The molecule has 4 atom stereocenters. The average Bonchev–Trinajstić information content (AvgIpc) is 3.46. The molecule has 0 saturated heterocycles. The number of Topliss-reactive ketones (excluding diaryl/α,β-unsaturated/α-hetero) is 1. The van der Waals surface area contributed by atoms with E-state index in [1.807, 2.05) is 0 Å². The SMILES string of the molecule is COC1C(C)CCC2C(C)(C)C12C(=O)C1CCC(Oc2ncc3ncnc(Nc4ccc(F)c(Cl)c4)c3n2)CC1. The van der Waals surface area contributed by atoms with Crippen molar-refractivity contribution in [2.75, 3.05) is 12.4 Å². The molecule has 8 nitrogen and oxygen atoms in total. The fraction of sp³-hybridized carbons (Fsp3) is 0.567. The summed E-state index contributed by atoms with van der Waals surface area (Å²) < 4.78 is 25.8. The van der Waals surface area contributed by atoms with Crippen LogP contribution in [0.25, 0.3) is 11.0 Å². The summed E-state index contributed by atoms with van der Waals surface area (Å²) in [5, 5.41) is 3.13. The Balaban J connectivity index is 1.14. The maximum atomic E-state index is 14.1. The van der Waals surface area contributed by atoms with Gasteiger partial charge in [0.25, 0.3) is 0 Å². The summed E-state index contributed by atoms with van der Waals surface area (Å²) in [7, 11) is 1.77. The lowest BCUT2D eigenvalue weighted by Crippen LogP contribution is -2.46. The normalized spacial score (nSPS) is 30.9. The largest absolute Gasteiger partial charge is 0.460 e. The van der Waals surface area contributed by atoms with Crippen molar-refractivity contribution in [2.24, 2.45) is 28.6 Å². The first-order valence-corrected chi connectivity index (χ1v) is 14.5. The van der Waals surface area contributed by atoms with Crippen molar-refractivity contribution in [3.63, 3.8) is 0 Å². The first-order chi connectivity index (χ1) is 19.2. The topological polar surface area (TPSA) is 99.1 Å². The molecule has 3 fully saturated rings. The number of ketones is 1. The Kier molecular flexibility index (Phi) is 6.94. The van der Waals surface area contributed by atoms with Crippen molar-refractivity contribution in [1.29, 1.82) is 0 Å². The lowest BCUT2D eigenvalue weighted by molar-refractivity contribution is -0.142. The summed E-state index contributed by atoms with van der Waals surface area (Å²) in [4.78, 5) is 31.6. The lowest BCUT2D eigenvalue weighted by atomic mass is 9.69. The molecule has 2 heterocycles. The molecule has 3 saturated carbocycles. The predicted molar refractivity (Wildman–Crippen MR) is 150 cm³/mol. The molecule has 0 aliphatic heterocycles. The fourth-order valence-corrected chi connectivity index (χ4v) is 7.94. The second-order valence-corrected chi connectivity index (χ2v) is 12.6. The Labute approximate surface area is 238 Å². The van der Waals surface area contributed by atoms with E-state index in [0.29, 0.717) is 40.2 Å². The monoisotopic (exact) mass is 567 g/mol. The highest BCUT2D eigenvalue weighted by atomic mass is 35.5. The van der Waals surface area contributed by atoms with Crippen LogP contribution in [0.5, 0.6) is 6.01 Å². The predicted octanol–water partition coefficient (Wildman–Crippen LogP) is 6.55. The van der Waals surface area contributed by atoms with Gasteiger partial charge in [0.05, 0.1) is 22.7 Å². The minimum absolute atomic E-state index is 0.00667.